The lowest BCUT2D eigenvalue weighted by atomic mass is 9.99. The summed E-state index contributed by atoms with van der Waals surface area (Å²) in [6.07, 6.45) is 6.14. The molecule has 0 amide bonds. The number of sulfonamides is 1. The SMILES string of the molecule is CN(C)CCc1c[nH]c2ccc(Cc3c(CCN(C)C)c4cc(CS(=O)(=O)N5CCCC5)ccc4n3N=O)cc12. The molecule has 214 valence electrons. The first-order valence-electron chi connectivity index (χ1n) is 14.0. The average molecular weight is 565 g/mol. The zero-order valence-corrected chi connectivity index (χ0v) is 24.8. The van der Waals surface area contributed by atoms with Crippen LogP contribution in [0.15, 0.2) is 47.9 Å². The second-order valence-corrected chi connectivity index (χ2v) is 13.5. The zero-order chi connectivity index (χ0) is 28.4. The Kier molecular flexibility index (Phi) is 8.42. The van der Waals surface area contributed by atoms with Crippen molar-refractivity contribution in [3.05, 3.63) is 75.4 Å². The van der Waals surface area contributed by atoms with Crippen molar-refractivity contribution in [2.45, 2.75) is 37.9 Å². The maximum atomic E-state index is 13.0. The molecule has 3 heterocycles. The molecule has 1 N–H and O–H groups in total. The number of likely N-dealkylation sites (N-methyl/N-ethyl adjacent to an activating group) is 2. The lowest BCUT2D eigenvalue weighted by Gasteiger charge is -2.15. The minimum Gasteiger partial charge on any atom is -0.361 e. The summed E-state index contributed by atoms with van der Waals surface area (Å²) in [5, 5.41) is 5.55. The van der Waals surface area contributed by atoms with Gasteiger partial charge in [0.1, 0.15) is 0 Å². The number of benzene rings is 2. The predicted octanol–water partition coefficient (Wildman–Crippen LogP) is 4.38. The molecule has 0 radical (unpaired) electrons. The van der Waals surface area contributed by atoms with Crippen LogP contribution in [0.2, 0.25) is 0 Å². The van der Waals surface area contributed by atoms with Crippen molar-refractivity contribution in [2.24, 2.45) is 5.29 Å². The predicted molar refractivity (Wildman–Crippen MR) is 162 cm³/mol. The highest BCUT2D eigenvalue weighted by molar-refractivity contribution is 7.88. The number of hydrogen-bond acceptors (Lipinski definition) is 6. The molecule has 0 saturated carbocycles. The minimum atomic E-state index is -3.38. The first-order chi connectivity index (χ1) is 19.2. The van der Waals surface area contributed by atoms with Crippen LogP contribution in [0.5, 0.6) is 0 Å². The summed E-state index contributed by atoms with van der Waals surface area (Å²) in [6.45, 7) is 2.95. The molecule has 0 bridgehead atoms. The van der Waals surface area contributed by atoms with E-state index in [0.29, 0.717) is 19.5 Å². The molecule has 0 aliphatic carbocycles. The Morgan fingerprint density at radius 2 is 1.57 bits per heavy atom. The van der Waals surface area contributed by atoms with Gasteiger partial charge in [-0.15, -0.1) is 4.91 Å². The van der Waals surface area contributed by atoms with Crippen LogP contribution in [0, 0.1) is 4.91 Å². The number of aromatic amines is 1. The van der Waals surface area contributed by atoms with Crippen LogP contribution in [0.25, 0.3) is 21.8 Å². The van der Waals surface area contributed by atoms with E-state index >= 15 is 0 Å². The third kappa shape index (κ3) is 6.00. The second-order valence-electron chi connectivity index (χ2n) is 11.5. The smallest absolute Gasteiger partial charge is 0.218 e. The quantitative estimate of drug-likeness (QED) is 0.258. The summed E-state index contributed by atoms with van der Waals surface area (Å²) < 4.78 is 29.2. The van der Waals surface area contributed by atoms with E-state index in [2.05, 4.69) is 58.6 Å². The van der Waals surface area contributed by atoms with E-state index in [1.165, 1.54) is 15.6 Å². The second kappa shape index (κ2) is 11.8. The van der Waals surface area contributed by atoms with E-state index < -0.39 is 10.0 Å². The van der Waals surface area contributed by atoms with Gasteiger partial charge in [0.25, 0.3) is 0 Å². The summed E-state index contributed by atoms with van der Waals surface area (Å²) in [4.78, 5) is 19.9. The molecule has 0 unspecified atom stereocenters. The molecular weight excluding hydrogens is 524 g/mol. The molecule has 4 aromatic rings. The normalized spacial score (nSPS) is 14.8. The Morgan fingerprint density at radius 3 is 2.27 bits per heavy atom. The lowest BCUT2D eigenvalue weighted by Crippen LogP contribution is -2.29. The van der Waals surface area contributed by atoms with Crippen LogP contribution >= 0.6 is 0 Å². The van der Waals surface area contributed by atoms with Gasteiger partial charge < -0.3 is 14.8 Å². The van der Waals surface area contributed by atoms with Crippen LogP contribution in [0.3, 0.4) is 0 Å². The molecule has 1 aliphatic heterocycles. The van der Waals surface area contributed by atoms with Crippen molar-refractivity contribution in [1.82, 2.24) is 23.8 Å². The first-order valence-corrected chi connectivity index (χ1v) is 15.6. The van der Waals surface area contributed by atoms with Crippen molar-refractivity contribution < 1.29 is 8.42 Å². The Bertz CT molecular complexity index is 1610. The Morgan fingerprint density at radius 1 is 0.900 bits per heavy atom. The third-order valence-corrected chi connectivity index (χ3v) is 9.80. The van der Waals surface area contributed by atoms with Crippen molar-refractivity contribution in [3.8, 4) is 0 Å². The van der Waals surface area contributed by atoms with E-state index in [9.17, 15) is 13.3 Å². The first kappa shape index (κ1) is 28.5. The van der Waals surface area contributed by atoms with Gasteiger partial charge >= 0.3 is 0 Å². The monoisotopic (exact) mass is 564 g/mol. The third-order valence-electron chi connectivity index (χ3n) is 7.95. The topological polar surface area (TPSA) is 94.0 Å². The van der Waals surface area contributed by atoms with Crippen LogP contribution in [-0.4, -0.2) is 86.6 Å². The lowest BCUT2D eigenvalue weighted by molar-refractivity contribution is 0.413. The molecule has 0 spiro atoms. The molecule has 10 heteroatoms. The Hall–Kier alpha value is -3.05. The summed E-state index contributed by atoms with van der Waals surface area (Å²) in [6, 6.07) is 12.0. The molecular formula is C30H40N6O3S. The fraction of sp³-hybridized carbons (Fsp3) is 0.467. The molecule has 2 aromatic heterocycles. The number of rotatable bonds is 12. The van der Waals surface area contributed by atoms with Crippen LogP contribution in [-0.2, 0) is 35.0 Å². The maximum Gasteiger partial charge on any atom is 0.218 e. The number of nitrogens with one attached hydrogen (secondary N) is 1. The maximum absolute atomic E-state index is 13.0. The molecule has 40 heavy (non-hydrogen) atoms. The van der Waals surface area contributed by atoms with Gasteiger partial charge in [-0.05, 0) is 100 Å². The van der Waals surface area contributed by atoms with Crippen molar-refractivity contribution in [1.29, 1.82) is 0 Å². The summed E-state index contributed by atoms with van der Waals surface area (Å²) in [5.41, 5.74) is 6.84. The Labute approximate surface area is 236 Å². The number of H-pyrrole nitrogens is 1. The number of aromatic nitrogens is 2. The van der Waals surface area contributed by atoms with Gasteiger partial charge in [-0.25, -0.2) is 17.4 Å². The zero-order valence-electron chi connectivity index (χ0n) is 24.0. The number of nitroso groups, excluding NO2 is 1. The van der Waals surface area contributed by atoms with Crippen LogP contribution in [0.4, 0.5) is 0 Å². The fourth-order valence-corrected chi connectivity index (χ4v) is 7.36. The number of nitrogens with zero attached hydrogens (tertiary/aromatic N) is 5. The number of fused-ring (bicyclic) bond motifs is 2. The summed E-state index contributed by atoms with van der Waals surface area (Å²) >= 11 is 0. The molecule has 2 aromatic carbocycles. The largest absolute Gasteiger partial charge is 0.361 e. The molecule has 1 aliphatic rings. The van der Waals surface area contributed by atoms with E-state index in [1.54, 1.807) is 4.31 Å². The van der Waals surface area contributed by atoms with E-state index in [-0.39, 0.29) is 5.75 Å². The van der Waals surface area contributed by atoms with Gasteiger partial charge in [0, 0.05) is 55.1 Å². The van der Waals surface area contributed by atoms with E-state index in [1.807, 2.05) is 32.3 Å². The minimum absolute atomic E-state index is 0.0367. The average Bonchev–Trinajstić information content (AvgIpc) is 3.64. The Balaban J connectivity index is 1.54. The highest BCUT2D eigenvalue weighted by Crippen LogP contribution is 2.32. The van der Waals surface area contributed by atoms with Crippen LogP contribution in [0.1, 0.15) is 40.8 Å². The van der Waals surface area contributed by atoms with Gasteiger partial charge in [-0.2, -0.15) is 0 Å². The summed E-state index contributed by atoms with van der Waals surface area (Å²) in [7, 11) is 4.83. The molecule has 1 fully saturated rings. The van der Waals surface area contributed by atoms with Crippen molar-refractivity contribution in [3.63, 3.8) is 0 Å². The number of hydrogen-bond donors (Lipinski definition) is 1. The van der Waals surface area contributed by atoms with Crippen LogP contribution < -0.4 is 0 Å². The van der Waals surface area contributed by atoms with Crippen molar-refractivity contribution in [2.75, 3.05) is 54.4 Å². The standard InChI is InChI=1S/C30H40N6O3S/c1-33(2)15-11-24-20-31-28-9-7-22(17-26(24)28)19-30-25(12-16-34(3)4)27-18-23(8-10-29(27)36(30)32-37)21-40(38,39)35-13-5-6-14-35/h7-10,17-18,20,31H,5-6,11-16,19,21H2,1-4H3. The van der Waals surface area contributed by atoms with Gasteiger partial charge in [0.15, 0.2) is 0 Å². The van der Waals surface area contributed by atoms with E-state index in [4.69, 9.17) is 0 Å². The van der Waals surface area contributed by atoms with Gasteiger partial charge in [0.05, 0.1) is 22.2 Å². The van der Waals surface area contributed by atoms with Crippen molar-refractivity contribution >= 4 is 31.8 Å². The summed E-state index contributed by atoms with van der Waals surface area (Å²) in [5.74, 6) is -0.0367. The molecule has 0 atom stereocenters. The van der Waals surface area contributed by atoms with Gasteiger partial charge in [-0.1, -0.05) is 12.1 Å². The van der Waals surface area contributed by atoms with E-state index in [0.717, 1.165) is 77.6 Å². The highest BCUT2D eigenvalue weighted by Gasteiger charge is 2.26. The molecule has 5 rings (SSSR count). The molecule has 9 nitrogen and oxygen atoms in total. The van der Waals surface area contributed by atoms with Gasteiger partial charge in [0.2, 0.25) is 10.0 Å². The molecule has 1 saturated heterocycles. The highest BCUT2D eigenvalue weighted by atomic mass is 32.2. The van der Waals surface area contributed by atoms with Gasteiger partial charge in [-0.3, -0.25) is 0 Å². The fourth-order valence-electron chi connectivity index (χ4n) is 5.77.